The third-order valence-corrected chi connectivity index (χ3v) is 4.59. The highest BCUT2D eigenvalue weighted by atomic mass is 16.6. The summed E-state index contributed by atoms with van der Waals surface area (Å²) in [5.41, 5.74) is 1.17. The minimum absolute atomic E-state index is 0.0773. The molecule has 1 N–H and O–H groups in total. The lowest BCUT2D eigenvalue weighted by Crippen LogP contribution is -2.31. The quantitative estimate of drug-likeness (QED) is 0.350. The highest BCUT2D eigenvalue weighted by molar-refractivity contribution is 6.42. The van der Waals surface area contributed by atoms with Crippen LogP contribution in [0.5, 0.6) is 5.75 Å². The molecular weight excluding hydrogens is 390 g/mol. The molecule has 1 aliphatic rings. The van der Waals surface area contributed by atoms with E-state index in [2.05, 4.69) is 4.74 Å². The highest BCUT2D eigenvalue weighted by Crippen LogP contribution is 2.41. The van der Waals surface area contributed by atoms with Crippen LogP contribution in [0.15, 0.2) is 42.5 Å². The average Bonchev–Trinajstić information content (AvgIpc) is 3.02. The normalized spacial score (nSPS) is 14.2. The molecule has 0 saturated heterocycles. The summed E-state index contributed by atoms with van der Waals surface area (Å²) in [6, 6.07) is 10.6. The van der Waals surface area contributed by atoms with Crippen molar-refractivity contribution in [2.75, 3.05) is 18.6 Å². The van der Waals surface area contributed by atoms with Gasteiger partial charge in [0.2, 0.25) is 5.91 Å². The van der Waals surface area contributed by atoms with Gasteiger partial charge >= 0.3 is 5.97 Å². The van der Waals surface area contributed by atoms with E-state index in [1.54, 1.807) is 0 Å². The molecule has 30 heavy (non-hydrogen) atoms. The van der Waals surface area contributed by atoms with Gasteiger partial charge in [0.15, 0.2) is 12.4 Å². The summed E-state index contributed by atoms with van der Waals surface area (Å²) < 4.78 is 9.75. The Bertz CT molecular complexity index is 1080. The van der Waals surface area contributed by atoms with E-state index < -0.39 is 17.8 Å². The highest BCUT2D eigenvalue weighted by Gasteiger charge is 2.38. The zero-order chi connectivity index (χ0) is 22.0. The van der Waals surface area contributed by atoms with E-state index in [0.717, 1.165) is 4.90 Å². The van der Waals surface area contributed by atoms with Crippen LogP contribution in [0.3, 0.4) is 0 Å². The minimum Gasteiger partial charge on any atom is -0.506 e. The monoisotopic (exact) mass is 409 g/mol. The zero-order valence-electron chi connectivity index (χ0n) is 16.6. The van der Waals surface area contributed by atoms with Crippen molar-refractivity contribution in [1.29, 1.82) is 0 Å². The molecular formula is C22H19NO7. The number of hydrogen-bond donors (Lipinski definition) is 1. The molecule has 0 fully saturated rings. The fourth-order valence-corrected chi connectivity index (χ4v) is 3.08. The number of hydrogen-bond acceptors (Lipinski definition) is 7. The molecule has 1 heterocycles. The van der Waals surface area contributed by atoms with Crippen molar-refractivity contribution in [2.24, 2.45) is 0 Å². The van der Waals surface area contributed by atoms with Gasteiger partial charge in [-0.2, -0.15) is 0 Å². The number of benzene rings is 2. The average molecular weight is 409 g/mol. The topological polar surface area (TPSA) is 110 Å². The van der Waals surface area contributed by atoms with Crippen LogP contribution in [0.1, 0.15) is 35.3 Å². The maximum atomic E-state index is 12.9. The molecule has 0 bridgehead atoms. The van der Waals surface area contributed by atoms with Crippen LogP contribution < -0.4 is 9.64 Å². The molecule has 0 aliphatic carbocycles. The summed E-state index contributed by atoms with van der Waals surface area (Å²) in [6.07, 6.45) is 0. The number of methoxy groups -OCH3 is 1. The van der Waals surface area contributed by atoms with Gasteiger partial charge in [0, 0.05) is 23.6 Å². The van der Waals surface area contributed by atoms with E-state index in [1.165, 1.54) is 63.4 Å². The van der Waals surface area contributed by atoms with Gasteiger partial charge in [-0.1, -0.05) is 0 Å². The molecule has 2 aromatic carbocycles. The zero-order valence-corrected chi connectivity index (χ0v) is 16.6. The van der Waals surface area contributed by atoms with Crippen molar-refractivity contribution in [1.82, 2.24) is 0 Å². The van der Waals surface area contributed by atoms with Gasteiger partial charge in [0.1, 0.15) is 11.5 Å². The van der Waals surface area contributed by atoms with Gasteiger partial charge in [0.05, 0.1) is 18.4 Å². The lowest BCUT2D eigenvalue weighted by Gasteiger charge is -2.12. The number of amides is 2. The first kappa shape index (κ1) is 20.8. The Labute approximate surface area is 172 Å². The van der Waals surface area contributed by atoms with E-state index in [1.807, 2.05) is 0 Å². The third-order valence-electron chi connectivity index (χ3n) is 4.59. The van der Waals surface area contributed by atoms with Gasteiger partial charge in [0.25, 0.3) is 5.91 Å². The van der Waals surface area contributed by atoms with E-state index in [0.29, 0.717) is 28.1 Å². The number of anilines is 1. The summed E-state index contributed by atoms with van der Waals surface area (Å²) in [4.78, 5) is 48.8. The smallest absolute Gasteiger partial charge is 0.343 e. The predicted molar refractivity (Wildman–Crippen MR) is 108 cm³/mol. The summed E-state index contributed by atoms with van der Waals surface area (Å²) in [5.74, 6) is -1.91. The van der Waals surface area contributed by atoms with Crippen molar-refractivity contribution < 1.29 is 33.8 Å². The number of esters is 1. The van der Waals surface area contributed by atoms with Gasteiger partial charge in [-0.3, -0.25) is 14.4 Å². The van der Waals surface area contributed by atoms with Gasteiger partial charge in [-0.05, 0) is 49.4 Å². The molecule has 2 amide bonds. The molecule has 0 saturated carbocycles. The van der Waals surface area contributed by atoms with Crippen molar-refractivity contribution in [2.45, 2.75) is 13.8 Å². The number of rotatable bonds is 5. The molecule has 3 rings (SSSR count). The van der Waals surface area contributed by atoms with E-state index in [4.69, 9.17) is 4.74 Å². The second-order valence-electron chi connectivity index (χ2n) is 6.56. The van der Waals surface area contributed by atoms with E-state index >= 15 is 0 Å². The molecule has 1 aliphatic heterocycles. The van der Waals surface area contributed by atoms with Gasteiger partial charge in [-0.15, -0.1) is 0 Å². The molecule has 8 heteroatoms. The molecule has 2 aromatic rings. The van der Waals surface area contributed by atoms with E-state index in [-0.39, 0.29) is 23.7 Å². The van der Waals surface area contributed by atoms with Gasteiger partial charge in [-0.25, -0.2) is 9.69 Å². The maximum absolute atomic E-state index is 12.9. The number of Topliss-reactive ketones (excluding diaryl/α,β-unsaturated/α-hetero) is 1. The lowest BCUT2D eigenvalue weighted by atomic mass is 9.99. The van der Waals surface area contributed by atoms with Crippen LogP contribution in [-0.4, -0.2) is 42.4 Å². The fraction of sp³-hybridized carbons (Fsp3) is 0.182. The molecule has 8 nitrogen and oxygen atoms in total. The number of ketones is 1. The Morgan fingerprint density at radius 2 is 1.63 bits per heavy atom. The first-order chi connectivity index (χ1) is 14.2. The second kappa shape index (κ2) is 8.20. The van der Waals surface area contributed by atoms with E-state index in [9.17, 15) is 24.3 Å². The maximum Gasteiger partial charge on any atom is 0.343 e. The number of carbonyl (C=O) groups is 4. The van der Waals surface area contributed by atoms with Crippen molar-refractivity contribution in [3.63, 3.8) is 0 Å². The van der Waals surface area contributed by atoms with Crippen LogP contribution in [0.25, 0.3) is 11.3 Å². The minimum atomic E-state index is -0.679. The Morgan fingerprint density at radius 1 is 1.00 bits per heavy atom. The van der Waals surface area contributed by atoms with Crippen molar-refractivity contribution >= 4 is 40.6 Å². The number of nitrogens with zero attached hydrogens (tertiary/aromatic N) is 1. The number of ether oxygens (including phenoxy) is 2. The van der Waals surface area contributed by atoms with Gasteiger partial charge < -0.3 is 14.6 Å². The largest absolute Gasteiger partial charge is 0.506 e. The summed E-state index contributed by atoms with van der Waals surface area (Å²) in [7, 11) is 1.25. The van der Waals surface area contributed by atoms with Crippen molar-refractivity contribution in [3.8, 4) is 5.75 Å². The van der Waals surface area contributed by atoms with Crippen LogP contribution in [-0.2, 0) is 19.1 Å². The van der Waals surface area contributed by atoms with Crippen LogP contribution >= 0.6 is 0 Å². The standard InChI is InChI=1S/C22H19NO7/c1-12(24)15-6-9-18-17(10-15)20(22(28)23(18)13(2)25)21(27)14-4-7-16(8-5-14)30-11-19(26)29-3/h4-10,27H,11H2,1-3H3. The Hall–Kier alpha value is -3.94. The Balaban J connectivity index is 2.03. The fourth-order valence-electron chi connectivity index (χ4n) is 3.08. The van der Waals surface area contributed by atoms with Crippen LogP contribution in [0.4, 0.5) is 5.69 Å². The molecule has 0 radical (unpaired) electrons. The Morgan fingerprint density at radius 3 is 2.20 bits per heavy atom. The number of aliphatic hydroxyl groups is 1. The molecule has 154 valence electrons. The number of carbonyl (C=O) groups excluding carboxylic acids is 4. The second-order valence-corrected chi connectivity index (χ2v) is 6.56. The molecule has 0 unspecified atom stereocenters. The van der Waals surface area contributed by atoms with Crippen LogP contribution in [0, 0.1) is 0 Å². The number of fused-ring (bicyclic) bond motifs is 1. The number of aliphatic hydroxyl groups excluding tert-OH is 1. The third kappa shape index (κ3) is 3.80. The SMILES string of the molecule is COC(=O)COc1ccc(C(O)=C2C(=O)N(C(C)=O)c3ccc(C(C)=O)cc32)cc1. The molecule has 0 spiro atoms. The number of imide groups is 1. The first-order valence-corrected chi connectivity index (χ1v) is 8.98. The Kier molecular flexibility index (Phi) is 5.68. The lowest BCUT2D eigenvalue weighted by molar-refractivity contribution is -0.143. The molecule has 0 aromatic heterocycles. The summed E-state index contributed by atoms with van der Waals surface area (Å²) in [5, 5.41) is 10.8. The molecule has 0 atom stereocenters. The first-order valence-electron chi connectivity index (χ1n) is 8.98. The summed E-state index contributed by atoms with van der Waals surface area (Å²) >= 11 is 0. The van der Waals surface area contributed by atoms with Crippen LogP contribution in [0.2, 0.25) is 0 Å². The summed E-state index contributed by atoms with van der Waals surface area (Å²) in [6.45, 7) is 2.36. The van der Waals surface area contributed by atoms with Crippen molar-refractivity contribution in [3.05, 3.63) is 59.2 Å². The predicted octanol–water partition coefficient (Wildman–Crippen LogP) is 2.76.